The average molecular weight is 265 g/mol. The zero-order valence-corrected chi connectivity index (χ0v) is 12.7. The molecule has 0 aliphatic heterocycles. The lowest BCUT2D eigenvalue weighted by Crippen LogP contribution is -2.36. The minimum atomic E-state index is -0.335. The van der Waals surface area contributed by atoms with E-state index in [4.69, 9.17) is 0 Å². The molecule has 0 spiro atoms. The van der Waals surface area contributed by atoms with E-state index < -0.39 is 0 Å². The summed E-state index contributed by atoms with van der Waals surface area (Å²) in [6, 6.07) is 8.73. The van der Waals surface area contributed by atoms with Crippen molar-refractivity contribution in [3.05, 3.63) is 29.8 Å². The van der Waals surface area contributed by atoms with Crippen LogP contribution in [0.5, 0.6) is 0 Å². The Morgan fingerprint density at radius 1 is 1.11 bits per heavy atom. The standard InChI is InChI=1S/C15H27N3O/c1-12(16-10-15(19)11-17(2)3)13-6-8-14(9-7-13)18(4)5/h6-9,12,15-16,19H,10-11H2,1-5H3. The molecule has 0 radical (unpaired) electrons. The Bertz CT molecular complexity index is 362. The van der Waals surface area contributed by atoms with Crippen molar-refractivity contribution >= 4 is 5.69 Å². The molecule has 2 atom stereocenters. The summed E-state index contributed by atoms with van der Waals surface area (Å²) in [4.78, 5) is 4.08. The van der Waals surface area contributed by atoms with Gasteiger partial charge in [-0.15, -0.1) is 0 Å². The highest BCUT2D eigenvalue weighted by atomic mass is 16.3. The predicted molar refractivity (Wildman–Crippen MR) is 81.7 cm³/mol. The van der Waals surface area contributed by atoms with Crippen molar-refractivity contribution in [3.8, 4) is 0 Å². The Morgan fingerprint density at radius 3 is 2.16 bits per heavy atom. The molecule has 4 heteroatoms. The van der Waals surface area contributed by atoms with Crippen LogP contribution >= 0.6 is 0 Å². The maximum absolute atomic E-state index is 9.82. The third-order valence-electron chi connectivity index (χ3n) is 3.15. The molecule has 108 valence electrons. The van der Waals surface area contributed by atoms with Crippen LogP contribution in [-0.4, -0.2) is 57.4 Å². The van der Waals surface area contributed by atoms with Crippen LogP contribution in [0.25, 0.3) is 0 Å². The summed E-state index contributed by atoms with van der Waals surface area (Å²) in [7, 11) is 8.00. The minimum Gasteiger partial charge on any atom is -0.390 e. The Hall–Kier alpha value is -1.10. The van der Waals surface area contributed by atoms with Crippen molar-refractivity contribution in [1.82, 2.24) is 10.2 Å². The lowest BCUT2D eigenvalue weighted by molar-refractivity contribution is 0.132. The number of likely N-dealkylation sites (N-methyl/N-ethyl adjacent to an activating group) is 1. The summed E-state index contributed by atoms with van der Waals surface area (Å²) < 4.78 is 0. The summed E-state index contributed by atoms with van der Waals surface area (Å²) in [5.41, 5.74) is 2.44. The van der Waals surface area contributed by atoms with Crippen molar-refractivity contribution in [2.24, 2.45) is 0 Å². The minimum absolute atomic E-state index is 0.244. The van der Waals surface area contributed by atoms with Gasteiger partial charge in [0.1, 0.15) is 0 Å². The zero-order valence-electron chi connectivity index (χ0n) is 12.7. The van der Waals surface area contributed by atoms with E-state index in [0.717, 1.165) is 0 Å². The average Bonchev–Trinajstić information content (AvgIpc) is 2.35. The van der Waals surface area contributed by atoms with Crippen LogP contribution in [0.2, 0.25) is 0 Å². The summed E-state index contributed by atoms with van der Waals surface area (Å²) in [5.74, 6) is 0. The summed E-state index contributed by atoms with van der Waals surface area (Å²) in [6.07, 6.45) is -0.335. The molecular formula is C15H27N3O. The molecule has 0 aromatic heterocycles. The van der Waals surface area contributed by atoms with Gasteiger partial charge in [0, 0.05) is 38.9 Å². The highest BCUT2D eigenvalue weighted by molar-refractivity contribution is 5.46. The van der Waals surface area contributed by atoms with Gasteiger partial charge >= 0.3 is 0 Å². The van der Waals surface area contributed by atoms with Crippen molar-refractivity contribution in [2.45, 2.75) is 19.1 Å². The molecule has 2 unspecified atom stereocenters. The molecule has 0 heterocycles. The Kier molecular flexibility index (Phi) is 6.28. The van der Waals surface area contributed by atoms with E-state index in [1.54, 1.807) is 0 Å². The highest BCUT2D eigenvalue weighted by Crippen LogP contribution is 2.17. The maximum atomic E-state index is 9.82. The molecule has 0 amide bonds. The number of anilines is 1. The number of nitrogens with zero attached hydrogens (tertiary/aromatic N) is 2. The van der Waals surface area contributed by atoms with Gasteiger partial charge in [-0.05, 0) is 38.7 Å². The van der Waals surface area contributed by atoms with Gasteiger partial charge in [-0.3, -0.25) is 0 Å². The lowest BCUT2D eigenvalue weighted by atomic mass is 10.1. The van der Waals surface area contributed by atoms with Crippen LogP contribution in [0.4, 0.5) is 5.69 Å². The molecular weight excluding hydrogens is 238 g/mol. The fraction of sp³-hybridized carbons (Fsp3) is 0.600. The van der Waals surface area contributed by atoms with E-state index in [1.165, 1.54) is 11.3 Å². The monoisotopic (exact) mass is 265 g/mol. The second kappa shape index (κ2) is 7.48. The summed E-state index contributed by atoms with van der Waals surface area (Å²) in [5, 5.41) is 13.2. The number of benzene rings is 1. The largest absolute Gasteiger partial charge is 0.390 e. The van der Waals surface area contributed by atoms with E-state index in [-0.39, 0.29) is 12.1 Å². The topological polar surface area (TPSA) is 38.7 Å². The molecule has 1 aromatic carbocycles. The van der Waals surface area contributed by atoms with Crippen LogP contribution in [0.15, 0.2) is 24.3 Å². The highest BCUT2D eigenvalue weighted by Gasteiger charge is 2.09. The lowest BCUT2D eigenvalue weighted by Gasteiger charge is -2.20. The molecule has 0 aliphatic rings. The molecule has 0 saturated heterocycles. The molecule has 1 rings (SSSR count). The quantitative estimate of drug-likeness (QED) is 0.780. The number of aliphatic hydroxyl groups is 1. The molecule has 0 aliphatic carbocycles. The smallest absolute Gasteiger partial charge is 0.0791 e. The van der Waals surface area contributed by atoms with Gasteiger partial charge in [0.15, 0.2) is 0 Å². The van der Waals surface area contributed by atoms with Crippen molar-refractivity contribution in [2.75, 3.05) is 46.2 Å². The predicted octanol–water partition coefficient (Wildman–Crippen LogP) is 1.33. The van der Waals surface area contributed by atoms with Crippen LogP contribution in [-0.2, 0) is 0 Å². The fourth-order valence-corrected chi connectivity index (χ4v) is 1.98. The van der Waals surface area contributed by atoms with Gasteiger partial charge in [-0.1, -0.05) is 12.1 Å². The van der Waals surface area contributed by atoms with Crippen molar-refractivity contribution in [1.29, 1.82) is 0 Å². The van der Waals surface area contributed by atoms with Gasteiger partial charge in [-0.25, -0.2) is 0 Å². The SMILES string of the molecule is CC(NCC(O)CN(C)C)c1ccc(N(C)C)cc1. The second-order valence-corrected chi connectivity index (χ2v) is 5.53. The second-order valence-electron chi connectivity index (χ2n) is 5.53. The van der Waals surface area contributed by atoms with Gasteiger partial charge in [0.05, 0.1) is 6.10 Å². The van der Waals surface area contributed by atoms with Gasteiger partial charge in [-0.2, -0.15) is 0 Å². The van der Waals surface area contributed by atoms with E-state index >= 15 is 0 Å². The number of hydrogen-bond acceptors (Lipinski definition) is 4. The molecule has 2 N–H and O–H groups in total. The number of nitrogens with one attached hydrogen (secondary N) is 1. The first-order valence-electron chi connectivity index (χ1n) is 6.73. The Balaban J connectivity index is 2.47. The molecule has 1 aromatic rings. The van der Waals surface area contributed by atoms with E-state index in [1.807, 2.05) is 33.1 Å². The summed E-state index contributed by atoms with van der Waals surface area (Å²) in [6.45, 7) is 3.40. The van der Waals surface area contributed by atoms with Gasteiger partial charge in [0.25, 0.3) is 0 Å². The molecule has 4 nitrogen and oxygen atoms in total. The third kappa shape index (κ3) is 5.59. The number of aliphatic hydroxyl groups excluding tert-OH is 1. The van der Waals surface area contributed by atoms with E-state index in [2.05, 4.69) is 41.4 Å². The first-order valence-corrected chi connectivity index (χ1v) is 6.73. The van der Waals surface area contributed by atoms with Crippen molar-refractivity contribution < 1.29 is 5.11 Å². The van der Waals surface area contributed by atoms with Crippen LogP contribution in [0.1, 0.15) is 18.5 Å². The number of rotatable bonds is 7. The fourth-order valence-electron chi connectivity index (χ4n) is 1.98. The first-order chi connectivity index (χ1) is 8.90. The van der Waals surface area contributed by atoms with Gasteiger partial charge < -0.3 is 20.2 Å². The van der Waals surface area contributed by atoms with Crippen molar-refractivity contribution in [3.63, 3.8) is 0 Å². The summed E-state index contributed by atoms with van der Waals surface area (Å²) >= 11 is 0. The molecule has 0 bridgehead atoms. The molecule has 19 heavy (non-hydrogen) atoms. The van der Waals surface area contributed by atoms with Crippen LogP contribution in [0.3, 0.4) is 0 Å². The van der Waals surface area contributed by atoms with Gasteiger partial charge in [0.2, 0.25) is 0 Å². The normalized spacial score (nSPS) is 14.5. The maximum Gasteiger partial charge on any atom is 0.0791 e. The Labute approximate surface area is 117 Å². The van der Waals surface area contributed by atoms with Crippen LogP contribution < -0.4 is 10.2 Å². The molecule has 0 fully saturated rings. The Morgan fingerprint density at radius 2 is 1.68 bits per heavy atom. The number of hydrogen-bond donors (Lipinski definition) is 2. The van der Waals surface area contributed by atoms with Crippen LogP contribution in [0, 0.1) is 0 Å². The zero-order chi connectivity index (χ0) is 14.4. The van der Waals surface area contributed by atoms with E-state index in [9.17, 15) is 5.11 Å². The van der Waals surface area contributed by atoms with E-state index in [0.29, 0.717) is 13.1 Å². The molecule has 0 saturated carbocycles. The third-order valence-corrected chi connectivity index (χ3v) is 3.15. The first kappa shape index (κ1) is 16.0.